The number of alkyl halides is 7. The van der Waals surface area contributed by atoms with Gasteiger partial charge in [-0.25, -0.2) is 0 Å². The van der Waals surface area contributed by atoms with Crippen molar-refractivity contribution < 1.29 is 40.3 Å². The summed E-state index contributed by atoms with van der Waals surface area (Å²) in [6.45, 7) is 1.80. The molecule has 0 heterocycles. The first-order valence-corrected chi connectivity index (χ1v) is 5.13. The minimum absolute atomic E-state index is 0.0293. The normalized spacial score (nSPS) is 13.9. The van der Waals surface area contributed by atoms with Gasteiger partial charge in [0.2, 0.25) is 5.78 Å². The number of rotatable bonds is 7. The Morgan fingerprint density at radius 2 is 1.63 bits per heavy atom. The van der Waals surface area contributed by atoms with Gasteiger partial charge in [-0.15, -0.1) is 0 Å². The Hall–Kier alpha value is -1.28. The Kier molecular flexibility index (Phi) is 5.83. The lowest BCUT2D eigenvalue weighted by Crippen LogP contribution is -2.55. The van der Waals surface area contributed by atoms with Crippen molar-refractivity contribution in [2.45, 2.75) is 37.8 Å². The summed E-state index contributed by atoms with van der Waals surface area (Å²) in [5, 5.41) is 0. The van der Waals surface area contributed by atoms with Crippen LogP contribution in [0.1, 0.15) is 19.8 Å². The molecule has 0 amide bonds. The molecule has 0 fully saturated rings. The van der Waals surface area contributed by atoms with Crippen molar-refractivity contribution in [2.24, 2.45) is 0 Å². The summed E-state index contributed by atoms with van der Waals surface area (Å²) in [6.07, 6.45) is -5.10. The second-order valence-electron chi connectivity index (χ2n) is 3.54. The molecule has 0 unspecified atom stereocenters. The molecule has 0 spiro atoms. The fraction of sp³-hybridized carbons (Fsp3) is 0.700. The van der Waals surface area contributed by atoms with Crippen molar-refractivity contribution in [2.75, 3.05) is 6.61 Å². The largest absolute Gasteiger partial charge is 0.501 e. The van der Waals surface area contributed by atoms with E-state index in [1.807, 2.05) is 0 Å². The van der Waals surface area contributed by atoms with Gasteiger partial charge in [0.25, 0.3) is 0 Å². The van der Waals surface area contributed by atoms with Crippen LogP contribution in [0.2, 0.25) is 0 Å². The second-order valence-corrected chi connectivity index (χ2v) is 3.54. The fourth-order valence-electron chi connectivity index (χ4n) is 0.843. The van der Waals surface area contributed by atoms with E-state index in [9.17, 15) is 35.5 Å². The van der Waals surface area contributed by atoms with E-state index < -0.39 is 23.8 Å². The van der Waals surface area contributed by atoms with E-state index in [0.717, 1.165) is 0 Å². The van der Waals surface area contributed by atoms with Crippen LogP contribution in [0.4, 0.5) is 30.7 Å². The van der Waals surface area contributed by atoms with Crippen LogP contribution >= 0.6 is 0 Å². The minimum Gasteiger partial charge on any atom is -0.501 e. The number of hydrogen-bond donors (Lipinski definition) is 0. The molecule has 2 nitrogen and oxygen atoms in total. The van der Waals surface area contributed by atoms with Crippen molar-refractivity contribution in [1.29, 1.82) is 0 Å². The Balaban J connectivity index is 4.78. The highest BCUT2D eigenvalue weighted by Gasteiger charge is 2.75. The van der Waals surface area contributed by atoms with Gasteiger partial charge in [0.15, 0.2) is 0 Å². The lowest BCUT2D eigenvalue weighted by Gasteiger charge is -2.25. The van der Waals surface area contributed by atoms with Gasteiger partial charge in [0.1, 0.15) is 0 Å². The molecule has 0 N–H and O–H groups in total. The molecule has 0 saturated heterocycles. The molecule has 0 aromatic heterocycles. The quantitative estimate of drug-likeness (QED) is 0.310. The molecule has 0 bridgehead atoms. The number of ether oxygens (including phenoxy) is 1. The van der Waals surface area contributed by atoms with Gasteiger partial charge in [-0.3, -0.25) is 4.79 Å². The molecule has 0 aliphatic carbocycles. The van der Waals surface area contributed by atoms with Gasteiger partial charge in [-0.2, -0.15) is 30.7 Å². The van der Waals surface area contributed by atoms with E-state index >= 15 is 0 Å². The molecular weight excluding hydrogens is 285 g/mol. The summed E-state index contributed by atoms with van der Waals surface area (Å²) in [7, 11) is 0. The lowest BCUT2D eigenvalue weighted by molar-refractivity contribution is -0.342. The van der Waals surface area contributed by atoms with E-state index in [2.05, 4.69) is 4.74 Å². The third-order valence-corrected chi connectivity index (χ3v) is 1.99. The van der Waals surface area contributed by atoms with Crippen molar-refractivity contribution in [3.05, 3.63) is 12.3 Å². The zero-order chi connectivity index (χ0) is 15.3. The molecule has 0 aromatic rings. The standard InChI is InChI=1S/C10H11F7O2/c1-2-3-5-19-6-4-7(18)8(11,12)9(13,14)10(15,16)17/h4,6H,2-3,5H2,1H3. The third-order valence-electron chi connectivity index (χ3n) is 1.99. The Labute approximate surface area is 104 Å². The summed E-state index contributed by atoms with van der Waals surface area (Å²) in [5.41, 5.74) is 0. The molecule has 9 heteroatoms. The molecule has 112 valence electrons. The number of ketones is 1. The predicted molar refractivity (Wildman–Crippen MR) is 51.0 cm³/mol. The minimum atomic E-state index is -6.52. The molecule has 19 heavy (non-hydrogen) atoms. The van der Waals surface area contributed by atoms with Crippen LogP contribution in [0.25, 0.3) is 0 Å². The lowest BCUT2D eigenvalue weighted by atomic mass is 10.1. The maximum Gasteiger partial charge on any atom is 0.460 e. The first kappa shape index (κ1) is 17.7. The maximum absolute atomic E-state index is 12.7. The van der Waals surface area contributed by atoms with Crippen LogP contribution < -0.4 is 0 Å². The van der Waals surface area contributed by atoms with Crippen LogP contribution in [0.3, 0.4) is 0 Å². The SMILES string of the molecule is CCCCOC=CC(=O)C(F)(F)C(F)(F)C(F)(F)F. The fourth-order valence-corrected chi connectivity index (χ4v) is 0.843. The van der Waals surface area contributed by atoms with Crippen molar-refractivity contribution in [3.63, 3.8) is 0 Å². The average Bonchev–Trinajstić information content (AvgIpc) is 2.26. The molecule has 0 aromatic carbocycles. The van der Waals surface area contributed by atoms with Gasteiger partial charge in [0.05, 0.1) is 12.9 Å². The van der Waals surface area contributed by atoms with Crippen LogP contribution in [-0.2, 0) is 9.53 Å². The average molecular weight is 296 g/mol. The summed E-state index contributed by atoms with van der Waals surface area (Å²) < 4.78 is 90.0. The Bertz CT molecular complexity index is 333. The Morgan fingerprint density at radius 3 is 2.05 bits per heavy atom. The van der Waals surface area contributed by atoms with Gasteiger partial charge in [0, 0.05) is 6.08 Å². The number of halogens is 7. The molecular formula is C10H11F7O2. The van der Waals surface area contributed by atoms with Gasteiger partial charge >= 0.3 is 18.0 Å². The topological polar surface area (TPSA) is 26.3 Å². The number of unbranched alkanes of at least 4 members (excludes halogenated alkanes) is 1. The van der Waals surface area contributed by atoms with E-state index in [1.165, 1.54) is 0 Å². The molecule has 0 radical (unpaired) electrons. The van der Waals surface area contributed by atoms with Gasteiger partial charge in [-0.05, 0) is 6.42 Å². The molecule has 0 aliphatic rings. The van der Waals surface area contributed by atoms with Crippen LogP contribution in [0, 0.1) is 0 Å². The van der Waals surface area contributed by atoms with E-state index in [1.54, 1.807) is 6.92 Å². The highest BCUT2D eigenvalue weighted by Crippen LogP contribution is 2.46. The second kappa shape index (κ2) is 6.25. The van der Waals surface area contributed by atoms with E-state index in [-0.39, 0.29) is 12.7 Å². The van der Waals surface area contributed by atoms with Crippen LogP contribution in [0.15, 0.2) is 12.3 Å². The van der Waals surface area contributed by atoms with Crippen molar-refractivity contribution in [1.82, 2.24) is 0 Å². The number of hydrogen-bond acceptors (Lipinski definition) is 2. The number of carbonyl (C=O) groups excluding carboxylic acids is 1. The first-order chi connectivity index (χ1) is 8.48. The maximum atomic E-state index is 12.7. The van der Waals surface area contributed by atoms with Crippen LogP contribution in [-0.4, -0.2) is 30.4 Å². The van der Waals surface area contributed by atoms with E-state index in [0.29, 0.717) is 19.1 Å². The summed E-state index contributed by atoms with van der Waals surface area (Å²) in [6, 6.07) is 0. The molecule has 0 rings (SSSR count). The highest BCUT2D eigenvalue weighted by atomic mass is 19.4. The molecule has 0 saturated carbocycles. The van der Waals surface area contributed by atoms with Crippen LogP contribution in [0.5, 0.6) is 0 Å². The summed E-state index contributed by atoms with van der Waals surface area (Å²) in [4.78, 5) is 10.7. The smallest absolute Gasteiger partial charge is 0.460 e. The zero-order valence-corrected chi connectivity index (χ0v) is 9.74. The van der Waals surface area contributed by atoms with Gasteiger partial charge in [-0.1, -0.05) is 13.3 Å². The molecule has 0 atom stereocenters. The summed E-state index contributed by atoms with van der Waals surface area (Å²) >= 11 is 0. The van der Waals surface area contributed by atoms with Crippen molar-refractivity contribution >= 4 is 5.78 Å². The number of carbonyl (C=O) groups is 1. The van der Waals surface area contributed by atoms with Crippen molar-refractivity contribution in [3.8, 4) is 0 Å². The Morgan fingerprint density at radius 1 is 1.11 bits per heavy atom. The third kappa shape index (κ3) is 4.10. The predicted octanol–water partition coefficient (Wildman–Crippen LogP) is 3.72. The summed E-state index contributed by atoms with van der Waals surface area (Å²) in [5.74, 6) is -15.0. The van der Waals surface area contributed by atoms with Gasteiger partial charge < -0.3 is 4.74 Å². The first-order valence-electron chi connectivity index (χ1n) is 5.13. The zero-order valence-electron chi connectivity index (χ0n) is 9.74. The highest BCUT2D eigenvalue weighted by molar-refractivity contribution is 5.96. The molecule has 0 aliphatic heterocycles. The number of allylic oxidation sites excluding steroid dienone is 1. The monoisotopic (exact) mass is 296 g/mol. The van der Waals surface area contributed by atoms with E-state index in [4.69, 9.17) is 0 Å².